The van der Waals surface area contributed by atoms with Crippen LogP contribution in [0.1, 0.15) is 16.7 Å². The third-order valence-corrected chi connectivity index (χ3v) is 4.12. The quantitative estimate of drug-likeness (QED) is 0.324. The van der Waals surface area contributed by atoms with Crippen LogP contribution in [-0.2, 0) is 19.1 Å². The highest BCUT2D eigenvalue weighted by Gasteiger charge is 2.29. The second kappa shape index (κ2) is 11.7. The zero-order valence-corrected chi connectivity index (χ0v) is 18.8. The van der Waals surface area contributed by atoms with Gasteiger partial charge >= 0.3 is 6.18 Å². The van der Waals surface area contributed by atoms with Gasteiger partial charge in [-0.15, -0.1) is 24.0 Å². The van der Waals surface area contributed by atoms with Crippen molar-refractivity contribution < 1.29 is 22.6 Å². The molecule has 0 aliphatic carbocycles. The average Bonchev–Trinajstić information content (AvgIpc) is 2.70. The van der Waals surface area contributed by atoms with Crippen LogP contribution in [0.4, 0.5) is 13.2 Å². The topological polar surface area (TPSA) is 54.9 Å². The molecule has 0 unspecified atom stereocenters. The van der Waals surface area contributed by atoms with Crippen LogP contribution >= 0.6 is 24.0 Å². The molecule has 2 aromatic rings. The van der Waals surface area contributed by atoms with Crippen molar-refractivity contribution in [1.82, 2.24) is 10.6 Å². The molecule has 2 rings (SSSR count). The molecule has 0 aliphatic heterocycles. The van der Waals surface area contributed by atoms with E-state index in [0.717, 1.165) is 29.7 Å². The molecule has 0 spiro atoms. The Morgan fingerprint density at radius 1 is 0.931 bits per heavy atom. The maximum absolute atomic E-state index is 12.6. The lowest BCUT2D eigenvalue weighted by molar-refractivity contribution is -0.137. The van der Waals surface area contributed by atoms with Crippen LogP contribution < -0.4 is 20.1 Å². The Kier molecular flexibility index (Phi) is 10.1. The van der Waals surface area contributed by atoms with E-state index in [1.165, 1.54) is 12.1 Å². The highest BCUT2D eigenvalue weighted by atomic mass is 127. The molecule has 29 heavy (non-hydrogen) atoms. The Morgan fingerprint density at radius 3 is 2.10 bits per heavy atom. The highest BCUT2D eigenvalue weighted by Crippen LogP contribution is 2.29. The molecule has 2 N–H and O–H groups in total. The molecule has 0 bridgehead atoms. The minimum Gasteiger partial charge on any atom is -0.493 e. The molecule has 9 heteroatoms. The van der Waals surface area contributed by atoms with Crippen LogP contribution in [0, 0.1) is 0 Å². The molecule has 0 aliphatic rings. The van der Waals surface area contributed by atoms with Crippen LogP contribution in [0.2, 0.25) is 0 Å². The third-order valence-electron chi connectivity index (χ3n) is 4.12. The van der Waals surface area contributed by atoms with E-state index < -0.39 is 11.7 Å². The minimum absolute atomic E-state index is 0. The second-order valence-electron chi connectivity index (χ2n) is 5.99. The number of hydrogen-bond donors (Lipinski definition) is 2. The van der Waals surface area contributed by atoms with Crippen molar-refractivity contribution in [2.24, 2.45) is 4.99 Å². The first-order chi connectivity index (χ1) is 13.4. The highest BCUT2D eigenvalue weighted by molar-refractivity contribution is 14.0. The van der Waals surface area contributed by atoms with Gasteiger partial charge in [-0.2, -0.15) is 13.2 Å². The number of guanidine groups is 1. The van der Waals surface area contributed by atoms with Gasteiger partial charge in [0.1, 0.15) is 0 Å². The molecule has 0 fully saturated rings. The van der Waals surface area contributed by atoms with Gasteiger partial charge in [0.05, 0.1) is 19.8 Å². The molecule has 2 aromatic carbocycles. The summed E-state index contributed by atoms with van der Waals surface area (Å²) in [7, 11) is 4.82. The minimum atomic E-state index is -4.33. The van der Waals surface area contributed by atoms with Crippen LogP contribution in [0.15, 0.2) is 47.5 Å². The Labute approximate surface area is 185 Å². The number of benzene rings is 2. The normalized spacial score (nSPS) is 11.4. The van der Waals surface area contributed by atoms with Gasteiger partial charge in [-0.05, 0) is 41.8 Å². The molecule has 0 saturated carbocycles. The fourth-order valence-corrected chi connectivity index (χ4v) is 2.58. The standard InChI is InChI=1S/C20H24F3N3O2.HI/c1-24-19(26-13-15-4-7-16(8-5-15)20(21,22)23)25-11-10-14-6-9-17(27-2)18(12-14)28-3;/h4-9,12H,10-11,13H2,1-3H3,(H2,24,25,26);1H. The zero-order valence-electron chi connectivity index (χ0n) is 16.5. The van der Waals surface area contributed by atoms with Gasteiger partial charge < -0.3 is 20.1 Å². The van der Waals surface area contributed by atoms with Crippen molar-refractivity contribution in [3.63, 3.8) is 0 Å². The van der Waals surface area contributed by atoms with E-state index in [1.807, 2.05) is 18.2 Å². The second-order valence-corrected chi connectivity index (χ2v) is 5.99. The van der Waals surface area contributed by atoms with Crippen molar-refractivity contribution in [1.29, 1.82) is 0 Å². The maximum atomic E-state index is 12.6. The predicted molar refractivity (Wildman–Crippen MR) is 118 cm³/mol. The summed E-state index contributed by atoms with van der Waals surface area (Å²) in [6.07, 6.45) is -3.59. The molecular formula is C20H25F3IN3O2. The summed E-state index contributed by atoms with van der Waals surface area (Å²) in [6.45, 7) is 0.996. The van der Waals surface area contributed by atoms with Crippen molar-refractivity contribution in [2.45, 2.75) is 19.1 Å². The van der Waals surface area contributed by atoms with E-state index in [-0.39, 0.29) is 24.0 Å². The average molecular weight is 523 g/mol. The van der Waals surface area contributed by atoms with E-state index in [2.05, 4.69) is 15.6 Å². The Balaban J connectivity index is 0.00000420. The first-order valence-electron chi connectivity index (χ1n) is 8.69. The molecule has 0 atom stereocenters. The lowest BCUT2D eigenvalue weighted by Crippen LogP contribution is -2.37. The van der Waals surface area contributed by atoms with Gasteiger partial charge in [0.15, 0.2) is 17.5 Å². The van der Waals surface area contributed by atoms with Crippen molar-refractivity contribution in [2.75, 3.05) is 27.8 Å². The zero-order chi connectivity index (χ0) is 20.6. The van der Waals surface area contributed by atoms with Crippen molar-refractivity contribution in [3.8, 4) is 11.5 Å². The number of alkyl halides is 3. The van der Waals surface area contributed by atoms with Crippen molar-refractivity contribution >= 4 is 29.9 Å². The fraction of sp³-hybridized carbons (Fsp3) is 0.350. The molecule has 5 nitrogen and oxygen atoms in total. The number of hydrogen-bond acceptors (Lipinski definition) is 3. The largest absolute Gasteiger partial charge is 0.493 e. The predicted octanol–water partition coefficient (Wildman–Crippen LogP) is 4.25. The smallest absolute Gasteiger partial charge is 0.416 e. The van der Waals surface area contributed by atoms with Gasteiger partial charge in [0, 0.05) is 20.1 Å². The van der Waals surface area contributed by atoms with Crippen LogP contribution in [0.3, 0.4) is 0 Å². The van der Waals surface area contributed by atoms with Gasteiger partial charge in [0.25, 0.3) is 0 Å². The van der Waals surface area contributed by atoms with E-state index >= 15 is 0 Å². The van der Waals surface area contributed by atoms with E-state index in [9.17, 15) is 13.2 Å². The lowest BCUT2D eigenvalue weighted by atomic mass is 10.1. The molecule has 0 heterocycles. The van der Waals surface area contributed by atoms with E-state index in [1.54, 1.807) is 21.3 Å². The number of ether oxygens (including phenoxy) is 2. The Morgan fingerprint density at radius 2 is 1.55 bits per heavy atom. The van der Waals surface area contributed by atoms with Crippen LogP contribution in [0.25, 0.3) is 0 Å². The molecule has 0 radical (unpaired) electrons. The summed E-state index contributed by atoms with van der Waals surface area (Å²) in [5.41, 5.74) is 1.15. The molecular weight excluding hydrogens is 498 g/mol. The summed E-state index contributed by atoms with van der Waals surface area (Å²) in [5.74, 6) is 1.92. The molecule has 0 saturated heterocycles. The summed E-state index contributed by atoms with van der Waals surface area (Å²) in [6, 6.07) is 10.8. The number of methoxy groups -OCH3 is 2. The maximum Gasteiger partial charge on any atom is 0.416 e. The number of aliphatic imine (C=N–C) groups is 1. The van der Waals surface area contributed by atoms with Gasteiger partial charge in [0.2, 0.25) is 0 Å². The van der Waals surface area contributed by atoms with E-state index in [4.69, 9.17) is 9.47 Å². The SMILES string of the molecule is CN=C(NCCc1ccc(OC)c(OC)c1)NCc1ccc(C(F)(F)F)cc1.I. The van der Waals surface area contributed by atoms with Crippen LogP contribution in [-0.4, -0.2) is 33.8 Å². The third kappa shape index (κ3) is 7.64. The summed E-state index contributed by atoms with van der Waals surface area (Å²) >= 11 is 0. The number of rotatable bonds is 7. The molecule has 160 valence electrons. The lowest BCUT2D eigenvalue weighted by Gasteiger charge is -2.13. The summed E-state index contributed by atoms with van der Waals surface area (Å²) in [5, 5.41) is 6.26. The summed E-state index contributed by atoms with van der Waals surface area (Å²) in [4.78, 5) is 4.12. The number of nitrogens with zero attached hydrogens (tertiary/aromatic N) is 1. The first-order valence-corrected chi connectivity index (χ1v) is 8.69. The Hall–Kier alpha value is -2.17. The Bertz CT molecular complexity index is 797. The monoisotopic (exact) mass is 523 g/mol. The van der Waals surface area contributed by atoms with Crippen molar-refractivity contribution in [3.05, 3.63) is 59.2 Å². The fourth-order valence-electron chi connectivity index (χ4n) is 2.58. The number of halogens is 4. The van der Waals surface area contributed by atoms with Crippen LogP contribution in [0.5, 0.6) is 11.5 Å². The molecule has 0 aromatic heterocycles. The van der Waals surface area contributed by atoms with Gasteiger partial charge in [-0.1, -0.05) is 18.2 Å². The van der Waals surface area contributed by atoms with E-state index in [0.29, 0.717) is 30.5 Å². The van der Waals surface area contributed by atoms with Gasteiger partial charge in [-0.3, -0.25) is 4.99 Å². The molecule has 0 amide bonds. The summed E-state index contributed by atoms with van der Waals surface area (Å²) < 4.78 is 48.3. The number of nitrogens with one attached hydrogen (secondary N) is 2. The van der Waals surface area contributed by atoms with Gasteiger partial charge in [-0.25, -0.2) is 0 Å². The first kappa shape index (κ1) is 24.9.